The van der Waals surface area contributed by atoms with Crippen molar-refractivity contribution in [3.05, 3.63) is 48.2 Å². The number of benzene rings is 1. The molecule has 3 aromatic rings. The summed E-state index contributed by atoms with van der Waals surface area (Å²) in [5.74, 6) is 1.24. The van der Waals surface area contributed by atoms with Crippen molar-refractivity contribution < 1.29 is 9.84 Å². The summed E-state index contributed by atoms with van der Waals surface area (Å²) in [6.45, 7) is 0. The number of hydrogen-bond acceptors (Lipinski definition) is 5. The Bertz CT molecular complexity index is 769. The van der Waals surface area contributed by atoms with Crippen molar-refractivity contribution >= 4 is 11.0 Å². The molecule has 0 spiro atoms. The predicted octanol–water partition coefficient (Wildman–Crippen LogP) is 1.65. The number of ether oxygens (including phenoxy) is 1. The lowest BCUT2D eigenvalue weighted by atomic mass is 10.1. The van der Waals surface area contributed by atoms with Gasteiger partial charge in [0.05, 0.1) is 23.8 Å². The molecule has 2 aromatic heterocycles. The number of para-hydroxylation sites is 2. The minimum absolute atomic E-state index is 0.380. The summed E-state index contributed by atoms with van der Waals surface area (Å²) < 4.78 is 7.03. The second-order valence-electron chi connectivity index (χ2n) is 4.78. The van der Waals surface area contributed by atoms with Gasteiger partial charge in [0.15, 0.2) is 0 Å². The minimum Gasteiger partial charge on any atom is -0.481 e. The van der Waals surface area contributed by atoms with E-state index in [4.69, 9.17) is 4.74 Å². The van der Waals surface area contributed by atoms with Crippen molar-refractivity contribution in [1.82, 2.24) is 19.5 Å². The molecule has 1 unspecified atom stereocenters. The summed E-state index contributed by atoms with van der Waals surface area (Å²) in [4.78, 5) is 12.6. The molecule has 6 heteroatoms. The first kappa shape index (κ1) is 13.5. The van der Waals surface area contributed by atoms with E-state index in [0.717, 1.165) is 16.9 Å². The zero-order valence-electron chi connectivity index (χ0n) is 11.9. The van der Waals surface area contributed by atoms with E-state index in [1.807, 2.05) is 35.9 Å². The second kappa shape index (κ2) is 5.49. The van der Waals surface area contributed by atoms with E-state index in [9.17, 15) is 5.11 Å². The molecule has 0 fully saturated rings. The van der Waals surface area contributed by atoms with Gasteiger partial charge in [0, 0.05) is 19.5 Å². The van der Waals surface area contributed by atoms with E-state index < -0.39 is 6.10 Å². The quantitative estimate of drug-likeness (QED) is 0.788. The molecule has 6 nitrogen and oxygen atoms in total. The Hall–Kier alpha value is -2.47. The van der Waals surface area contributed by atoms with Gasteiger partial charge in [-0.15, -0.1) is 0 Å². The van der Waals surface area contributed by atoms with E-state index in [1.54, 1.807) is 6.07 Å². The van der Waals surface area contributed by atoms with Crippen molar-refractivity contribution in [2.75, 3.05) is 7.11 Å². The number of hydrogen-bond donors (Lipinski definition) is 1. The molecule has 0 radical (unpaired) electrons. The highest BCUT2D eigenvalue weighted by Gasteiger charge is 2.16. The van der Waals surface area contributed by atoms with Gasteiger partial charge in [0.25, 0.3) is 0 Å². The van der Waals surface area contributed by atoms with Crippen LogP contribution in [-0.4, -0.2) is 31.7 Å². The van der Waals surface area contributed by atoms with Crippen molar-refractivity contribution in [1.29, 1.82) is 0 Å². The average Bonchev–Trinajstić information content (AvgIpc) is 2.84. The third-order valence-electron chi connectivity index (χ3n) is 3.47. The third kappa shape index (κ3) is 2.57. The number of methoxy groups -OCH3 is 1. The molecular weight excluding hydrogens is 268 g/mol. The average molecular weight is 284 g/mol. The molecule has 0 aliphatic carbocycles. The van der Waals surface area contributed by atoms with Crippen LogP contribution in [0.2, 0.25) is 0 Å². The smallest absolute Gasteiger partial charge is 0.216 e. The number of aromatic nitrogens is 4. The third-order valence-corrected chi connectivity index (χ3v) is 3.47. The maximum absolute atomic E-state index is 10.3. The van der Waals surface area contributed by atoms with E-state index in [2.05, 4.69) is 15.0 Å². The van der Waals surface area contributed by atoms with Gasteiger partial charge in [-0.2, -0.15) is 0 Å². The van der Waals surface area contributed by atoms with E-state index in [1.165, 1.54) is 13.4 Å². The van der Waals surface area contributed by atoms with E-state index in [0.29, 0.717) is 18.0 Å². The summed E-state index contributed by atoms with van der Waals surface area (Å²) in [6.07, 6.45) is 1.01. The number of aryl methyl sites for hydroxylation is 1. The Morgan fingerprint density at radius 1 is 1.29 bits per heavy atom. The number of rotatable bonds is 4. The minimum atomic E-state index is -0.752. The standard InChI is InChI=1S/C15H16N4O2/c1-19-12-6-4-3-5-10(12)18-14(19)8-13(20)11-7-15(21-2)17-9-16-11/h3-7,9,13,20H,8H2,1-2H3. The Balaban J connectivity index is 1.88. The molecule has 0 amide bonds. The molecule has 0 saturated heterocycles. The van der Waals surface area contributed by atoms with Crippen LogP contribution in [0, 0.1) is 0 Å². The van der Waals surface area contributed by atoms with Crippen LogP contribution in [0.15, 0.2) is 36.7 Å². The van der Waals surface area contributed by atoms with Gasteiger partial charge in [-0.25, -0.2) is 15.0 Å². The summed E-state index contributed by atoms with van der Waals surface area (Å²) >= 11 is 0. The topological polar surface area (TPSA) is 73.1 Å². The maximum Gasteiger partial charge on any atom is 0.216 e. The molecular formula is C15H16N4O2. The summed E-state index contributed by atoms with van der Waals surface area (Å²) in [5.41, 5.74) is 2.48. The van der Waals surface area contributed by atoms with Gasteiger partial charge >= 0.3 is 0 Å². The van der Waals surface area contributed by atoms with Crippen molar-refractivity contribution in [3.63, 3.8) is 0 Å². The molecule has 1 aromatic carbocycles. The van der Waals surface area contributed by atoms with Crippen LogP contribution in [0.25, 0.3) is 11.0 Å². The molecule has 108 valence electrons. The number of nitrogens with zero attached hydrogens (tertiary/aromatic N) is 4. The Labute approximate surface area is 122 Å². The fourth-order valence-electron chi connectivity index (χ4n) is 2.30. The van der Waals surface area contributed by atoms with Gasteiger partial charge in [0.2, 0.25) is 5.88 Å². The van der Waals surface area contributed by atoms with Crippen molar-refractivity contribution in [2.24, 2.45) is 7.05 Å². The summed E-state index contributed by atoms with van der Waals surface area (Å²) in [7, 11) is 3.47. The lowest BCUT2D eigenvalue weighted by Crippen LogP contribution is -2.09. The first-order valence-electron chi connectivity index (χ1n) is 6.63. The zero-order valence-corrected chi connectivity index (χ0v) is 11.9. The van der Waals surface area contributed by atoms with Crippen LogP contribution < -0.4 is 4.74 Å². The molecule has 2 heterocycles. The zero-order chi connectivity index (χ0) is 14.8. The van der Waals surface area contributed by atoms with Gasteiger partial charge in [-0.05, 0) is 12.1 Å². The predicted molar refractivity (Wildman–Crippen MR) is 78.0 cm³/mol. The first-order chi connectivity index (χ1) is 10.2. The van der Waals surface area contributed by atoms with Gasteiger partial charge < -0.3 is 14.4 Å². The first-order valence-corrected chi connectivity index (χ1v) is 6.63. The molecule has 3 rings (SSSR count). The largest absolute Gasteiger partial charge is 0.481 e. The van der Waals surface area contributed by atoms with Gasteiger partial charge in [0.1, 0.15) is 18.3 Å². The molecule has 21 heavy (non-hydrogen) atoms. The lowest BCUT2D eigenvalue weighted by Gasteiger charge is -2.10. The Morgan fingerprint density at radius 3 is 2.86 bits per heavy atom. The normalized spacial score (nSPS) is 12.5. The molecule has 0 aliphatic rings. The number of imidazole rings is 1. The highest BCUT2D eigenvalue weighted by Crippen LogP contribution is 2.21. The van der Waals surface area contributed by atoms with Crippen molar-refractivity contribution in [2.45, 2.75) is 12.5 Å². The summed E-state index contributed by atoms with van der Waals surface area (Å²) in [6, 6.07) is 9.52. The number of fused-ring (bicyclic) bond motifs is 1. The van der Waals surface area contributed by atoms with E-state index in [-0.39, 0.29) is 0 Å². The lowest BCUT2D eigenvalue weighted by molar-refractivity contribution is 0.169. The van der Waals surface area contributed by atoms with Crippen molar-refractivity contribution in [3.8, 4) is 5.88 Å². The molecule has 0 saturated carbocycles. The van der Waals surface area contributed by atoms with Crippen LogP contribution in [0.1, 0.15) is 17.6 Å². The van der Waals surface area contributed by atoms with Crippen LogP contribution in [0.4, 0.5) is 0 Å². The molecule has 0 bridgehead atoms. The second-order valence-corrected chi connectivity index (χ2v) is 4.78. The Kier molecular flexibility index (Phi) is 3.53. The van der Waals surface area contributed by atoms with E-state index >= 15 is 0 Å². The molecule has 1 N–H and O–H groups in total. The SMILES string of the molecule is COc1cc(C(O)Cc2nc3ccccc3n2C)ncn1. The molecule has 0 aliphatic heterocycles. The Morgan fingerprint density at radius 2 is 2.10 bits per heavy atom. The number of aliphatic hydroxyl groups excluding tert-OH is 1. The summed E-state index contributed by atoms with van der Waals surface area (Å²) in [5, 5.41) is 10.3. The fraction of sp³-hybridized carbons (Fsp3) is 0.267. The molecule has 1 atom stereocenters. The monoisotopic (exact) mass is 284 g/mol. The van der Waals surface area contributed by atoms with Crippen LogP contribution >= 0.6 is 0 Å². The number of aliphatic hydroxyl groups is 1. The van der Waals surface area contributed by atoms with Crippen LogP contribution in [0.3, 0.4) is 0 Å². The van der Waals surface area contributed by atoms with Crippen LogP contribution in [-0.2, 0) is 13.5 Å². The highest BCUT2D eigenvalue weighted by atomic mass is 16.5. The van der Waals surface area contributed by atoms with Gasteiger partial charge in [-0.3, -0.25) is 0 Å². The van der Waals surface area contributed by atoms with Gasteiger partial charge in [-0.1, -0.05) is 12.1 Å². The van der Waals surface area contributed by atoms with Crippen LogP contribution in [0.5, 0.6) is 5.88 Å². The highest BCUT2D eigenvalue weighted by molar-refractivity contribution is 5.75. The fourth-order valence-corrected chi connectivity index (χ4v) is 2.30. The maximum atomic E-state index is 10.3.